The minimum Gasteiger partial charge on any atom is -0.508 e. The van der Waals surface area contributed by atoms with Crippen LogP contribution < -0.4 is 0 Å². The van der Waals surface area contributed by atoms with Crippen molar-refractivity contribution >= 4 is 0 Å². The summed E-state index contributed by atoms with van der Waals surface area (Å²) in [5, 5.41) is 17.5. The van der Waals surface area contributed by atoms with Crippen molar-refractivity contribution in [3.05, 3.63) is 29.8 Å². The van der Waals surface area contributed by atoms with Gasteiger partial charge in [-0.15, -0.1) is 0 Å². The van der Waals surface area contributed by atoms with E-state index in [1.54, 1.807) is 24.3 Å². The molecule has 56 valence electrons. The van der Waals surface area contributed by atoms with Crippen LogP contribution in [0.5, 0.6) is 5.75 Å². The lowest BCUT2D eigenvalue weighted by Gasteiger charge is -2.00. The molecule has 0 saturated carbocycles. The third-order valence-corrected chi connectivity index (χ3v) is 1.59. The number of nitriles is 1. The first-order valence-electron chi connectivity index (χ1n) is 3.42. The first kappa shape index (κ1) is 7.62. The van der Waals surface area contributed by atoms with Crippen LogP contribution in [0.4, 0.5) is 0 Å². The molecular formula is C9H9NO. The predicted molar refractivity (Wildman–Crippen MR) is 42.1 cm³/mol. The van der Waals surface area contributed by atoms with Gasteiger partial charge < -0.3 is 5.11 Å². The molecule has 11 heavy (non-hydrogen) atoms. The van der Waals surface area contributed by atoms with Crippen molar-refractivity contribution in [3.63, 3.8) is 0 Å². The number of hydrogen-bond donors (Lipinski definition) is 1. The summed E-state index contributed by atoms with van der Waals surface area (Å²) in [6, 6.07) is 8.80. The Morgan fingerprint density at radius 2 is 1.91 bits per heavy atom. The van der Waals surface area contributed by atoms with Gasteiger partial charge >= 0.3 is 0 Å². The van der Waals surface area contributed by atoms with E-state index in [1.807, 2.05) is 6.92 Å². The second kappa shape index (κ2) is 3.07. The first-order chi connectivity index (χ1) is 5.24. The molecule has 1 rings (SSSR count). The van der Waals surface area contributed by atoms with Gasteiger partial charge in [-0.1, -0.05) is 12.1 Å². The maximum Gasteiger partial charge on any atom is 0.115 e. The second-order valence-electron chi connectivity index (χ2n) is 2.44. The zero-order valence-corrected chi connectivity index (χ0v) is 6.28. The van der Waals surface area contributed by atoms with E-state index in [0.717, 1.165) is 5.56 Å². The highest BCUT2D eigenvalue weighted by Gasteiger charge is 2.01. The molecule has 0 radical (unpaired) electrons. The summed E-state index contributed by atoms with van der Waals surface area (Å²) in [5.74, 6) is 0.134. The van der Waals surface area contributed by atoms with Crippen molar-refractivity contribution in [2.75, 3.05) is 0 Å². The van der Waals surface area contributed by atoms with Crippen LogP contribution in [0, 0.1) is 11.3 Å². The quantitative estimate of drug-likeness (QED) is 0.660. The van der Waals surface area contributed by atoms with Crippen LogP contribution in [0.15, 0.2) is 24.3 Å². The van der Waals surface area contributed by atoms with E-state index in [-0.39, 0.29) is 11.7 Å². The fraction of sp³-hybridized carbons (Fsp3) is 0.222. The average molecular weight is 147 g/mol. The topological polar surface area (TPSA) is 44.0 Å². The van der Waals surface area contributed by atoms with Gasteiger partial charge in [-0.3, -0.25) is 0 Å². The van der Waals surface area contributed by atoms with Gasteiger partial charge in [0.25, 0.3) is 0 Å². The van der Waals surface area contributed by atoms with Crippen molar-refractivity contribution in [1.82, 2.24) is 0 Å². The fourth-order valence-electron chi connectivity index (χ4n) is 0.838. The molecule has 0 aliphatic heterocycles. The molecule has 0 aliphatic carbocycles. The standard InChI is InChI=1S/C9H9NO/c1-7(6-10)8-2-4-9(11)5-3-8/h2-5,7,11H,1H3/t7-/m0/s1. The largest absolute Gasteiger partial charge is 0.508 e. The van der Waals surface area contributed by atoms with Gasteiger partial charge in [-0.25, -0.2) is 0 Å². The van der Waals surface area contributed by atoms with E-state index in [1.165, 1.54) is 0 Å². The predicted octanol–water partition coefficient (Wildman–Crippen LogP) is 2.02. The lowest BCUT2D eigenvalue weighted by atomic mass is 10.0. The fourth-order valence-corrected chi connectivity index (χ4v) is 0.838. The lowest BCUT2D eigenvalue weighted by Crippen LogP contribution is -1.87. The Labute approximate surface area is 65.7 Å². The summed E-state index contributed by atoms with van der Waals surface area (Å²) in [6.07, 6.45) is 0. The van der Waals surface area contributed by atoms with Crippen LogP contribution in [0.1, 0.15) is 18.4 Å². The molecule has 2 heteroatoms. The van der Waals surface area contributed by atoms with Crippen molar-refractivity contribution in [2.24, 2.45) is 0 Å². The Kier molecular flexibility index (Phi) is 2.12. The normalized spacial score (nSPS) is 12.0. The molecule has 0 aromatic heterocycles. The molecule has 0 bridgehead atoms. The van der Waals surface area contributed by atoms with E-state index in [0.29, 0.717) is 0 Å². The van der Waals surface area contributed by atoms with Crippen LogP contribution in [-0.4, -0.2) is 5.11 Å². The molecule has 1 N–H and O–H groups in total. The summed E-state index contributed by atoms with van der Waals surface area (Å²) in [4.78, 5) is 0. The third-order valence-electron chi connectivity index (χ3n) is 1.59. The number of phenols is 1. The van der Waals surface area contributed by atoms with Crippen LogP contribution in [0.25, 0.3) is 0 Å². The monoisotopic (exact) mass is 147 g/mol. The van der Waals surface area contributed by atoms with Gasteiger partial charge in [-0.05, 0) is 24.6 Å². The van der Waals surface area contributed by atoms with Gasteiger partial charge in [0, 0.05) is 0 Å². The van der Waals surface area contributed by atoms with Gasteiger partial charge in [0.2, 0.25) is 0 Å². The molecule has 0 spiro atoms. The molecule has 1 aromatic rings. The Morgan fingerprint density at radius 3 is 2.36 bits per heavy atom. The average Bonchev–Trinajstić information content (AvgIpc) is 2.05. The Balaban J connectivity index is 2.92. The maximum atomic E-state index is 8.93. The molecular weight excluding hydrogens is 138 g/mol. The molecule has 1 aromatic carbocycles. The summed E-state index contributed by atoms with van der Waals surface area (Å²) in [6.45, 7) is 1.83. The Hall–Kier alpha value is -1.49. The minimum absolute atomic E-state index is 0.101. The highest BCUT2D eigenvalue weighted by molar-refractivity contribution is 5.30. The van der Waals surface area contributed by atoms with Crippen LogP contribution in [0.2, 0.25) is 0 Å². The number of nitrogens with zero attached hydrogens (tertiary/aromatic N) is 1. The molecule has 0 aliphatic rings. The Bertz CT molecular complexity index is 271. The summed E-state index contributed by atoms with van der Waals surface area (Å²) < 4.78 is 0. The Morgan fingerprint density at radius 1 is 1.36 bits per heavy atom. The van der Waals surface area contributed by atoms with Gasteiger partial charge in [0.1, 0.15) is 5.75 Å². The van der Waals surface area contributed by atoms with E-state index >= 15 is 0 Å². The third kappa shape index (κ3) is 1.71. The van der Waals surface area contributed by atoms with E-state index < -0.39 is 0 Å². The second-order valence-corrected chi connectivity index (χ2v) is 2.44. The molecule has 0 fully saturated rings. The molecule has 0 saturated heterocycles. The molecule has 0 unspecified atom stereocenters. The van der Waals surface area contributed by atoms with E-state index in [9.17, 15) is 0 Å². The van der Waals surface area contributed by atoms with Crippen LogP contribution in [-0.2, 0) is 0 Å². The number of aromatic hydroxyl groups is 1. The summed E-state index contributed by atoms with van der Waals surface area (Å²) in [5.41, 5.74) is 0.935. The van der Waals surface area contributed by atoms with E-state index in [4.69, 9.17) is 10.4 Å². The zero-order chi connectivity index (χ0) is 8.27. The van der Waals surface area contributed by atoms with Crippen molar-refractivity contribution < 1.29 is 5.11 Å². The van der Waals surface area contributed by atoms with Crippen LogP contribution >= 0.6 is 0 Å². The highest BCUT2D eigenvalue weighted by atomic mass is 16.3. The summed E-state index contributed by atoms with van der Waals surface area (Å²) in [7, 11) is 0. The van der Waals surface area contributed by atoms with Crippen molar-refractivity contribution in [1.29, 1.82) is 5.26 Å². The molecule has 1 atom stereocenters. The van der Waals surface area contributed by atoms with Crippen molar-refractivity contribution in [3.8, 4) is 11.8 Å². The first-order valence-corrected chi connectivity index (χ1v) is 3.42. The number of phenolic OH excluding ortho intramolecular Hbond substituents is 1. The minimum atomic E-state index is -0.101. The number of rotatable bonds is 1. The molecule has 0 amide bonds. The smallest absolute Gasteiger partial charge is 0.115 e. The molecule has 0 heterocycles. The van der Waals surface area contributed by atoms with Gasteiger partial charge in [-0.2, -0.15) is 5.26 Å². The van der Waals surface area contributed by atoms with Crippen molar-refractivity contribution in [2.45, 2.75) is 12.8 Å². The van der Waals surface area contributed by atoms with E-state index in [2.05, 4.69) is 6.07 Å². The van der Waals surface area contributed by atoms with Crippen LogP contribution in [0.3, 0.4) is 0 Å². The van der Waals surface area contributed by atoms with Gasteiger partial charge in [0.15, 0.2) is 0 Å². The maximum absolute atomic E-state index is 8.93. The highest BCUT2D eigenvalue weighted by Crippen LogP contribution is 2.16. The number of hydrogen-bond acceptors (Lipinski definition) is 2. The zero-order valence-electron chi connectivity index (χ0n) is 6.28. The number of benzene rings is 1. The lowest BCUT2D eigenvalue weighted by molar-refractivity contribution is 0.475. The van der Waals surface area contributed by atoms with Gasteiger partial charge in [0.05, 0.1) is 12.0 Å². The summed E-state index contributed by atoms with van der Waals surface area (Å²) >= 11 is 0. The SMILES string of the molecule is C[C@@H](C#N)c1ccc(O)cc1. The molecule has 2 nitrogen and oxygen atoms in total.